The van der Waals surface area contributed by atoms with Gasteiger partial charge >= 0.3 is 12.2 Å². The molecule has 4 N–H and O–H groups in total. The van der Waals surface area contributed by atoms with Gasteiger partial charge in [-0.1, -0.05) is 44.2 Å². The Bertz CT molecular complexity index is 2410. The number of likely N-dealkylation sites (tertiary alicyclic amines) is 2. The number of benzene rings is 3. The molecule has 4 atom stereocenters. The van der Waals surface area contributed by atoms with Crippen molar-refractivity contribution in [3.8, 4) is 22.4 Å². The molecular weight excluding hydrogens is 743 g/mol. The van der Waals surface area contributed by atoms with Crippen LogP contribution in [0.15, 0.2) is 71.7 Å². The van der Waals surface area contributed by atoms with Crippen molar-refractivity contribution in [1.82, 2.24) is 35.4 Å². The van der Waals surface area contributed by atoms with Gasteiger partial charge in [-0.15, -0.1) is 0 Å². The molecule has 2 fully saturated rings. The van der Waals surface area contributed by atoms with Gasteiger partial charge in [0.15, 0.2) is 5.43 Å². The molecular formula is C43H49N7O8. The number of alkyl carbamates (subject to hydrolysis) is 2. The first-order valence-corrected chi connectivity index (χ1v) is 19.5. The first-order valence-electron chi connectivity index (χ1n) is 19.5. The largest absolute Gasteiger partial charge is 0.453 e. The van der Waals surface area contributed by atoms with E-state index < -0.39 is 24.3 Å². The minimum absolute atomic E-state index is 0.0204. The number of nitrogens with zero attached hydrogens (tertiary/aromatic N) is 3. The maximum atomic E-state index is 13.6. The first kappa shape index (κ1) is 40.0. The Hall–Kier alpha value is -6.22. The molecule has 0 radical (unpaired) electrons. The summed E-state index contributed by atoms with van der Waals surface area (Å²) >= 11 is 0. The predicted molar refractivity (Wildman–Crippen MR) is 218 cm³/mol. The molecule has 58 heavy (non-hydrogen) atoms. The van der Waals surface area contributed by atoms with Gasteiger partial charge in [-0.3, -0.25) is 14.4 Å². The van der Waals surface area contributed by atoms with E-state index in [9.17, 15) is 24.0 Å². The summed E-state index contributed by atoms with van der Waals surface area (Å²) in [5.74, 6) is 0.112. The number of hydrogen-bond donors (Lipinski definition) is 4. The topological polar surface area (TPSA) is 188 Å². The molecule has 2 aromatic heterocycles. The van der Waals surface area contributed by atoms with Crippen LogP contribution in [0, 0.1) is 5.92 Å². The molecule has 304 valence electrons. The number of H-pyrrole nitrogens is 2. The summed E-state index contributed by atoms with van der Waals surface area (Å²) in [6.45, 7) is 4.81. The van der Waals surface area contributed by atoms with E-state index in [1.165, 1.54) is 21.3 Å². The van der Waals surface area contributed by atoms with Crippen molar-refractivity contribution in [2.75, 3.05) is 41.0 Å². The summed E-state index contributed by atoms with van der Waals surface area (Å²) in [5, 5.41) is 7.84. The minimum atomic E-state index is -0.931. The van der Waals surface area contributed by atoms with Gasteiger partial charge in [-0.05, 0) is 77.8 Å². The lowest BCUT2D eigenvalue weighted by atomic mass is 9.98. The Labute approximate surface area is 335 Å². The number of aromatic nitrogens is 3. The molecule has 2 aliphatic heterocycles. The summed E-state index contributed by atoms with van der Waals surface area (Å²) in [4.78, 5) is 79.6. The maximum Gasteiger partial charge on any atom is 0.407 e. The van der Waals surface area contributed by atoms with Crippen LogP contribution < -0.4 is 16.1 Å². The smallest absolute Gasteiger partial charge is 0.407 e. The maximum absolute atomic E-state index is 13.6. The van der Waals surface area contributed by atoms with Crippen LogP contribution in [0.4, 0.5) is 9.59 Å². The molecule has 1 unspecified atom stereocenters. The van der Waals surface area contributed by atoms with Crippen LogP contribution in [0.3, 0.4) is 0 Å². The fourth-order valence-electron chi connectivity index (χ4n) is 8.17. The second-order valence-electron chi connectivity index (χ2n) is 15.2. The van der Waals surface area contributed by atoms with Crippen molar-refractivity contribution in [2.24, 2.45) is 5.92 Å². The number of ether oxygens (including phenoxy) is 3. The van der Waals surface area contributed by atoms with Crippen molar-refractivity contribution >= 4 is 45.7 Å². The molecule has 0 bridgehead atoms. The number of carbonyl (C=O) groups excluding carboxylic acids is 4. The van der Waals surface area contributed by atoms with Crippen LogP contribution in [0.1, 0.15) is 63.1 Å². The third kappa shape index (κ3) is 8.12. The molecule has 2 saturated heterocycles. The minimum Gasteiger partial charge on any atom is -0.453 e. The van der Waals surface area contributed by atoms with Crippen LogP contribution in [-0.2, 0) is 23.8 Å². The summed E-state index contributed by atoms with van der Waals surface area (Å²) < 4.78 is 14.7. The SMILES string of the molecule is COC[C@H](NC(=O)OC)C(=O)N1CCCC1c1cc(=O)c2ccc(-c3ccc4cc(-c5cnc([C@@H]6CCCN6C(=O)[C@@H](NC(=O)OC)C(C)C)[nH]5)ccc4c3)cc2[nH]1. The van der Waals surface area contributed by atoms with Crippen LogP contribution >= 0.6 is 0 Å². The fraction of sp³-hybridized carbons (Fsp3) is 0.395. The number of amides is 4. The van der Waals surface area contributed by atoms with Gasteiger partial charge in [0.25, 0.3) is 0 Å². The number of carbonyl (C=O) groups is 4. The highest BCUT2D eigenvalue weighted by molar-refractivity contribution is 5.92. The molecule has 4 heterocycles. The van der Waals surface area contributed by atoms with Crippen molar-refractivity contribution in [3.05, 3.63) is 88.6 Å². The lowest BCUT2D eigenvalue weighted by Gasteiger charge is -2.30. The fourth-order valence-corrected chi connectivity index (χ4v) is 8.17. The van der Waals surface area contributed by atoms with E-state index in [1.54, 1.807) is 22.1 Å². The van der Waals surface area contributed by atoms with Crippen molar-refractivity contribution in [3.63, 3.8) is 0 Å². The molecule has 0 spiro atoms. The highest BCUT2D eigenvalue weighted by Crippen LogP contribution is 2.35. The van der Waals surface area contributed by atoms with Gasteiger partial charge in [-0.2, -0.15) is 0 Å². The van der Waals surface area contributed by atoms with Gasteiger partial charge in [0, 0.05) is 42.9 Å². The Morgan fingerprint density at radius 1 is 0.776 bits per heavy atom. The van der Waals surface area contributed by atoms with E-state index in [0.29, 0.717) is 41.9 Å². The molecule has 0 saturated carbocycles. The van der Waals surface area contributed by atoms with Crippen LogP contribution in [-0.4, -0.2) is 102 Å². The third-order valence-corrected chi connectivity index (χ3v) is 11.2. The second kappa shape index (κ2) is 17.1. The molecule has 2 aliphatic rings. The summed E-state index contributed by atoms with van der Waals surface area (Å²) in [5.41, 5.74) is 4.82. The van der Waals surface area contributed by atoms with Gasteiger partial charge in [0.05, 0.1) is 50.3 Å². The zero-order chi connectivity index (χ0) is 41.1. The number of imidazole rings is 1. The molecule has 7 rings (SSSR count). The van der Waals surface area contributed by atoms with E-state index >= 15 is 0 Å². The van der Waals surface area contributed by atoms with Crippen LogP contribution in [0.25, 0.3) is 44.1 Å². The Balaban J connectivity index is 1.10. The van der Waals surface area contributed by atoms with Crippen molar-refractivity contribution < 1.29 is 33.4 Å². The molecule has 5 aromatic rings. The lowest BCUT2D eigenvalue weighted by Crippen LogP contribution is -2.51. The normalized spacial score (nSPS) is 17.8. The predicted octanol–water partition coefficient (Wildman–Crippen LogP) is 5.82. The van der Waals surface area contributed by atoms with Gasteiger partial charge < -0.3 is 44.6 Å². The number of rotatable bonds is 11. The van der Waals surface area contributed by atoms with E-state index in [1.807, 2.05) is 44.2 Å². The highest BCUT2D eigenvalue weighted by Gasteiger charge is 2.38. The second-order valence-corrected chi connectivity index (χ2v) is 15.2. The first-order chi connectivity index (χ1) is 28.0. The quantitative estimate of drug-likeness (QED) is 0.128. The average molecular weight is 792 g/mol. The van der Waals surface area contributed by atoms with E-state index in [0.717, 1.165) is 52.4 Å². The van der Waals surface area contributed by atoms with E-state index in [2.05, 4.69) is 44.9 Å². The van der Waals surface area contributed by atoms with Gasteiger partial charge in [0.1, 0.15) is 17.9 Å². The lowest BCUT2D eigenvalue weighted by molar-refractivity contribution is -0.136. The zero-order valence-electron chi connectivity index (χ0n) is 33.3. The summed E-state index contributed by atoms with van der Waals surface area (Å²) in [6.07, 6.45) is 3.42. The highest BCUT2D eigenvalue weighted by atomic mass is 16.5. The summed E-state index contributed by atoms with van der Waals surface area (Å²) in [6, 6.07) is 17.4. The number of aromatic amines is 2. The Morgan fingerprint density at radius 2 is 1.40 bits per heavy atom. The molecule has 0 aliphatic carbocycles. The summed E-state index contributed by atoms with van der Waals surface area (Å²) in [7, 11) is 3.97. The number of nitrogens with one attached hydrogen (secondary N) is 4. The van der Waals surface area contributed by atoms with E-state index in [4.69, 9.17) is 19.2 Å². The Morgan fingerprint density at radius 3 is 2.09 bits per heavy atom. The number of pyridine rings is 1. The molecule has 3 aromatic carbocycles. The van der Waals surface area contributed by atoms with Gasteiger partial charge in [-0.25, -0.2) is 14.6 Å². The third-order valence-electron chi connectivity index (χ3n) is 11.2. The van der Waals surface area contributed by atoms with Crippen LogP contribution in [0.2, 0.25) is 0 Å². The zero-order valence-corrected chi connectivity index (χ0v) is 33.3. The Kier molecular flexibility index (Phi) is 11.8. The van der Waals surface area contributed by atoms with Gasteiger partial charge in [0.2, 0.25) is 11.8 Å². The standard InChI is InChI=1S/C43H49N7O8/c1-24(2)38(48-43(55)58-5)41(53)50-17-7-9-36(50)39-44-22-33(46-39)29-13-12-25-18-26(10-11-27(25)19-29)28-14-15-30-31(20-28)45-32(21-37(30)51)35-8-6-16-49(35)40(52)34(23-56-3)47-42(54)57-4/h10-15,18-22,24,34-36,38H,6-9,16-17,23H2,1-5H3,(H,44,46)(H,45,51)(H,47,54)(H,48,55)/t34-,35?,36-,38-/m0/s1. The molecule has 15 heteroatoms. The number of hydrogen-bond acceptors (Lipinski definition) is 9. The van der Waals surface area contributed by atoms with Crippen molar-refractivity contribution in [2.45, 2.75) is 63.7 Å². The molecule has 15 nitrogen and oxygen atoms in total. The van der Waals surface area contributed by atoms with Crippen LogP contribution in [0.5, 0.6) is 0 Å². The van der Waals surface area contributed by atoms with E-state index in [-0.39, 0.29) is 41.9 Å². The van der Waals surface area contributed by atoms with Crippen molar-refractivity contribution in [1.29, 1.82) is 0 Å². The number of fused-ring (bicyclic) bond motifs is 2. The number of methoxy groups -OCH3 is 3. The monoisotopic (exact) mass is 791 g/mol. The average Bonchev–Trinajstić information content (AvgIpc) is 4.03. The molecule has 4 amide bonds.